The average Bonchev–Trinajstić information content (AvgIpc) is 2.86. The maximum Gasteiger partial charge on any atom is 0.418 e. The predicted molar refractivity (Wildman–Crippen MR) is 94.6 cm³/mol. The molecule has 0 unspecified atom stereocenters. The first kappa shape index (κ1) is 17.3. The molecule has 0 bridgehead atoms. The minimum Gasteiger partial charge on any atom is -0.464 e. The summed E-state index contributed by atoms with van der Waals surface area (Å²) in [4.78, 5) is 24.0. The van der Waals surface area contributed by atoms with Crippen LogP contribution in [0.5, 0.6) is 0 Å². The third-order valence-corrected chi connectivity index (χ3v) is 4.00. The van der Waals surface area contributed by atoms with Gasteiger partial charge in [0.2, 0.25) is 0 Å². The molecule has 0 fully saturated rings. The zero-order valence-corrected chi connectivity index (χ0v) is 15.0. The highest BCUT2D eigenvalue weighted by molar-refractivity contribution is 14.1. The first-order chi connectivity index (χ1) is 11.0. The van der Waals surface area contributed by atoms with E-state index < -0.39 is 12.1 Å². The SMILES string of the molecule is CCOC(=O)n1cc(Cc2ccc(I)cc2)c(N)c1C(=O)OC. The lowest BCUT2D eigenvalue weighted by atomic mass is 10.1. The molecule has 0 aliphatic carbocycles. The molecule has 0 saturated heterocycles. The molecule has 6 nitrogen and oxygen atoms in total. The van der Waals surface area contributed by atoms with E-state index in [1.54, 1.807) is 6.92 Å². The number of benzene rings is 1. The minimum absolute atomic E-state index is 0.00791. The molecule has 0 radical (unpaired) electrons. The molecule has 2 aromatic rings. The number of methoxy groups -OCH3 is 1. The van der Waals surface area contributed by atoms with Crippen molar-refractivity contribution in [2.24, 2.45) is 0 Å². The van der Waals surface area contributed by atoms with E-state index in [0.29, 0.717) is 12.0 Å². The van der Waals surface area contributed by atoms with Gasteiger partial charge in [-0.3, -0.25) is 0 Å². The Morgan fingerprint density at radius 3 is 2.48 bits per heavy atom. The van der Waals surface area contributed by atoms with Gasteiger partial charge in [0.25, 0.3) is 0 Å². The summed E-state index contributed by atoms with van der Waals surface area (Å²) in [5, 5.41) is 0. The number of carbonyl (C=O) groups excluding carboxylic acids is 2. The summed E-state index contributed by atoms with van der Waals surface area (Å²) in [5.74, 6) is -0.676. The highest BCUT2D eigenvalue weighted by atomic mass is 127. The third kappa shape index (κ3) is 3.84. The number of hydrogen-bond donors (Lipinski definition) is 1. The number of halogens is 1. The van der Waals surface area contributed by atoms with Crippen LogP contribution in [0.25, 0.3) is 0 Å². The maximum absolute atomic E-state index is 12.0. The summed E-state index contributed by atoms with van der Waals surface area (Å²) in [6.07, 6.45) is 1.37. The highest BCUT2D eigenvalue weighted by Gasteiger charge is 2.24. The van der Waals surface area contributed by atoms with Crippen molar-refractivity contribution in [2.75, 3.05) is 19.5 Å². The number of esters is 1. The van der Waals surface area contributed by atoms with E-state index in [2.05, 4.69) is 22.6 Å². The zero-order valence-electron chi connectivity index (χ0n) is 12.8. The van der Waals surface area contributed by atoms with Gasteiger partial charge in [-0.1, -0.05) is 12.1 Å². The minimum atomic E-state index is -0.676. The van der Waals surface area contributed by atoms with Crippen molar-refractivity contribution in [3.05, 3.63) is 50.9 Å². The second kappa shape index (κ2) is 7.49. The normalized spacial score (nSPS) is 10.4. The molecule has 0 aliphatic heterocycles. The van der Waals surface area contributed by atoms with Crippen LogP contribution in [-0.4, -0.2) is 30.3 Å². The summed E-state index contributed by atoms with van der Waals surface area (Å²) in [7, 11) is 1.24. The molecule has 7 heteroatoms. The Morgan fingerprint density at radius 1 is 1.26 bits per heavy atom. The van der Waals surface area contributed by atoms with Gasteiger partial charge in [-0.2, -0.15) is 0 Å². The number of aromatic nitrogens is 1. The van der Waals surface area contributed by atoms with Gasteiger partial charge in [0.05, 0.1) is 19.4 Å². The molecule has 0 atom stereocenters. The van der Waals surface area contributed by atoms with Crippen molar-refractivity contribution >= 4 is 40.3 Å². The van der Waals surface area contributed by atoms with Crippen LogP contribution >= 0.6 is 22.6 Å². The first-order valence-corrected chi connectivity index (χ1v) is 8.05. The lowest BCUT2D eigenvalue weighted by molar-refractivity contribution is 0.0587. The zero-order chi connectivity index (χ0) is 17.0. The topological polar surface area (TPSA) is 83.5 Å². The third-order valence-electron chi connectivity index (χ3n) is 3.28. The van der Waals surface area contributed by atoms with Crippen LogP contribution in [0.3, 0.4) is 0 Å². The van der Waals surface area contributed by atoms with Crippen LogP contribution in [0.1, 0.15) is 28.5 Å². The summed E-state index contributed by atoms with van der Waals surface area (Å²) in [5.41, 5.74) is 7.97. The molecule has 122 valence electrons. The quantitative estimate of drug-likeness (QED) is 0.598. The van der Waals surface area contributed by atoms with Crippen molar-refractivity contribution in [2.45, 2.75) is 13.3 Å². The van der Waals surface area contributed by atoms with Gasteiger partial charge in [-0.25, -0.2) is 14.2 Å². The Bertz CT molecular complexity index is 722. The van der Waals surface area contributed by atoms with Crippen LogP contribution < -0.4 is 5.73 Å². The monoisotopic (exact) mass is 428 g/mol. The summed E-state index contributed by atoms with van der Waals surface area (Å²) in [6, 6.07) is 7.91. The number of hydrogen-bond acceptors (Lipinski definition) is 5. The van der Waals surface area contributed by atoms with Gasteiger partial charge in [-0.05, 0) is 52.8 Å². The standard InChI is InChI=1S/C16H17IN2O4/c1-3-23-16(21)19-9-11(13(18)14(19)15(20)22-2)8-10-4-6-12(17)7-5-10/h4-7,9H,3,8,18H2,1-2H3. The van der Waals surface area contributed by atoms with Crippen molar-refractivity contribution in [1.29, 1.82) is 0 Å². The Kier molecular flexibility index (Phi) is 5.64. The van der Waals surface area contributed by atoms with Crippen molar-refractivity contribution in [3.63, 3.8) is 0 Å². The first-order valence-electron chi connectivity index (χ1n) is 6.97. The van der Waals surface area contributed by atoms with Gasteiger partial charge in [0, 0.05) is 16.2 Å². The molecule has 0 saturated carbocycles. The van der Waals surface area contributed by atoms with Crippen LogP contribution in [-0.2, 0) is 15.9 Å². The molecule has 1 aromatic carbocycles. The van der Waals surface area contributed by atoms with E-state index in [1.165, 1.54) is 13.3 Å². The predicted octanol–water partition coefficient (Wildman–Crippen LogP) is 3.06. The van der Waals surface area contributed by atoms with Crippen molar-refractivity contribution in [3.8, 4) is 0 Å². The van der Waals surface area contributed by atoms with Crippen molar-refractivity contribution < 1.29 is 19.1 Å². The number of nitrogens with zero attached hydrogens (tertiary/aromatic N) is 1. The Balaban J connectivity index is 2.42. The number of nitrogens with two attached hydrogens (primary N) is 1. The Hall–Kier alpha value is -2.03. The molecule has 23 heavy (non-hydrogen) atoms. The number of carbonyl (C=O) groups is 2. The molecule has 2 rings (SSSR count). The summed E-state index contributed by atoms with van der Waals surface area (Å²) >= 11 is 2.22. The number of anilines is 1. The van der Waals surface area contributed by atoms with Gasteiger partial charge in [0.1, 0.15) is 0 Å². The smallest absolute Gasteiger partial charge is 0.418 e. The van der Waals surface area contributed by atoms with Crippen LogP contribution in [0.2, 0.25) is 0 Å². The second-order valence-corrected chi connectivity index (χ2v) is 6.03. The number of nitrogen functional groups attached to an aromatic ring is 1. The fourth-order valence-electron chi connectivity index (χ4n) is 2.18. The van der Waals surface area contributed by atoms with E-state index in [4.69, 9.17) is 15.2 Å². The molecular formula is C16H17IN2O4. The molecule has 2 N–H and O–H groups in total. The van der Waals surface area contributed by atoms with E-state index >= 15 is 0 Å². The van der Waals surface area contributed by atoms with Gasteiger partial charge < -0.3 is 15.2 Å². The van der Waals surface area contributed by atoms with Crippen LogP contribution in [0.15, 0.2) is 30.5 Å². The van der Waals surface area contributed by atoms with Crippen LogP contribution in [0.4, 0.5) is 10.5 Å². The van der Waals surface area contributed by atoms with E-state index in [-0.39, 0.29) is 18.0 Å². The second-order valence-electron chi connectivity index (χ2n) is 4.78. The fourth-order valence-corrected chi connectivity index (χ4v) is 2.54. The van der Waals surface area contributed by atoms with Gasteiger partial charge in [0.15, 0.2) is 5.69 Å². The van der Waals surface area contributed by atoms with Crippen LogP contribution in [0, 0.1) is 3.57 Å². The molecule has 0 aliphatic rings. The van der Waals surface area contributed by atoms with Gasteiger partial charge >= 0.3 is 12.1 Å². The molecular weight excluding hydrogens is 411 g/mol. The Morgan fingerprint density at radius 2 is 1.91 bits per heavy atom. The van der Waals surface area contributed by atoms with Crippen molar-refractivity contribution in [1.82, 2.24) is 4.57 Å². The number of rotatable bonds is 4. The van der Waals surface area contributed by atoms with E-state index in [9.17, 15) is 9.59 Å². The lowest BCUT2D eigenvalue weighted by Crippen LogP contribution is -2.19. The molecule has 1 aromatic heterocycles. The Labute approximate surface area is 147 Å². The summed E-state index contributed by atoms with van der Waals surface area (Å²) in [6.45, 7) is 1.89. The summed E-state index contributed by atoms with van der Waals surface area (Å²) < 4.78 is 11.9. The number of ether oxygens (including phenoxy) is 2. The molecule has 1 heterocycles. The lowest BCUT2D eigenvalue weighted by Gasteiger charge is -2.06. The highest BCUT2D eigenvalue weighted by Crippen LogP contribution is 2.25. The fraction of sp³-hybridized carbons (Fsp3) is 0.250. The van der Waals surface area contributed by atoms with E-state index in [1.807, 2.05) is 24.3 Å². The maximum atomic E-state index is 12.0. The average molecular weight is 428 g/mol. The van der Waals surface area contributed by atoms with Gasteiger partial charge in [-0.15, -0.1) is 0 Å². The largest absolute Gasteiger partial charge is 0.464 e. The van der Waals surface area contributed by atoms with E-state index in [0.717, 1.165) is 13.7 Å². The molecule has 0 amide bonds. The molecule has 0 spiro atoms.